The molecular weight excluding hydrogens is 269 g/mol. The number of rotatable bonds is 2. The van der Waals surface area contributed by atoms with Gasteiger partial charge >= 0.3 is 0 Å². The summed E-state index contributed by atoms with van der Waals surface area (Å²) in [7, 11) is 0. The van der Waals surface area contributed by atoms with E-state index in [0.29, 0.717) is 22.5 Å². The summed E-state index contributed by atoms with van der Waals surface area (Å²) in [6.07, 6.45) is 3.78. The topological polar surface area (TPSA) is 20.3 Å². The average Bonchev–Trinajstić information content (AvgIpc) is 2.33. The highest BCUT2D eigenvalue weighted by Gasteiger charge is 2.23. The predicted octanol–water partition coefficient (Wildman–Crippen LogP) is 3.94. The quantitative estimate of drug-likeness (QED) is 0.806. The van der Waals surface area contributed by atoms with Gasteiger partial charge in [-0.05, 0) is 43.9 Å². The van der Waals surface area contributed by atoms with Crippen molar-refractivity contribution < 1.29 is 4.79 Å². The monoisotopic (exact) mass is 285 g/mol. The lowest BCUT2D eigenvalue weighted by Gasteiger charge is -2.33. The third-order valence-electron chi connectivity index (χ3n) is 3.48. The number of likely N-dealkylation sites (tertiary alicyclic amines) is 1. The smallest absolute Gasteiger partial charge is 0.227 e. The van der Waals surface area contributed by atoms with Crippen molar-refractivity contribution in [1.82, 2.24) is 4.90 Å². The molecule has 0 bridgehead atoms. The molecule has 0 spiro atoms. The minimum atomic E-state index is 0.159. The van der Waals surface area contributed by atoms with Gasteiger partial charge in [-0.3, -0.25) is 4.79 Å². The third-order valence-corrected chi connectivity index (χ3v) is 4.07. The first kappa shape index (κ1) is 13.7. The zero-order valence-corrected chi connectivity index (χ0v) is 12.0. The highest BCUT2D eigenvalue weighted by Crippen LogP contribution is 2.23. The number of benzene rings is 1. The van der Waals surface area contributed by atoms with Gasteiger partial charge in [0, 0.05) is 22.6 Å². The second-order valence-electron chi connectivity index (χ2n) is 4.84. The van der Waals surface area contributed by atoms with Gasteiger partial charge in [0.25, 0.3) is 0 Å². The maximum Gasteiger partial charge on any atom is 0.227 e. The van der Waals surface area contributed by atoms with Crippen molar-refractivity contribution in [2.45, 2.75) is 38.6 Å². The van der Waals surface area contributed by atoms with Gasteiger partial charge < -0.3 is 4.90 Å². The average molecular weight is 286 g/mol. The molecule has 1 amide bonds. The zero-order chi connectivity index (χ0) is 13.1. The number of hydrogen-bond acceptors (Lipinski definition) is 1. The fraction of sp³-hybridized carbons (Fsp3) is 0.500. The number of halogens is 2. The Bertz CT molecular complexity index is 447. The van der Waals surface area contributed by atoms with E-state index >= 15 is 0 Å². The van der Waals surface area contributed by atoms with Crippen LogP contribution in [0.5, 0.6) is 0 Å². The largest absolute Gasteiger partial charge is 0.340 e. The number of piperidine rings is 1. The summed E-state index contributed by atoms with van der Waals surface area (Å²) in [5, 5.41) is 1.17. The Morgan fingerprint density at radius 3 is 2.83 bits per heavy atom. The van der Waals surface area contributed by atoms with E-state index in [0.717, 1.165) is 24.9 Å². The second-order valence-corrected chi connectivity index (χ2v) is 5.69. The van der Waals surface area contributed by atoms with Crippen molar-refractivity contribution in [1.29, 1.82) is 0 Å². The molecule has 1 saturated heterocycles. The van der Waals surface area contributed by atoms with Crippen LogP contribution in [0.4, 0.5) is 0 Å². The summed E-state index contributed by atoms with van der Waals surface area (Å²) in [6, 6.07) is 5.63. The van der Waals surface area contributed by atoms with Gasteiger partial charge in [0.05, 0.1) is 6.42 Å². The molecule has 98 valence electrons. The van der Waals surface area contributed by atoms with Crippen molar-refractivity contribution in [3.05, 3.63) is 33.8 Å². The Balaban J connectivity index is 2.06. The molecule has 2 nitrogen and oxygen atoms in total. The van der Waals surface area contributed by atoms with E-state index in [2.05, 4.69) is 6.92 Å². The zero-order valence-electron chi connectivity index (χ0n) is 10.5. The first-order chi connectivity index (χ1) is 8.58. The molecular formula is C14H17Cl2NO. The Morgan fingerprint density at radius 1 is 1.39 bits per heavy atom. The van der Waals surface area contributed by atoms with Crippen LogP contribution < -0.4 is 0 Å². The summed E-state index contributed by atoms with van der Waals surface area (Å²) >= 11 is 11.9. The SMILES string of the molecule is CC1CCCCN1C(=O)Cc1ccc(Cl)cc1Cl. The molecule has 0 aliphatic carbocycles. The summed E-state index contributed by atoms with van der Waals surface area (Å²) in [4.78, 5) is 14.2. The maximum atomic E-state index is 12.2. The van der Waals surface area contributed by atoms with Crippen LogP contribution in [-0.4, -0.2) is 23.4 Å². The lowest BCUT2D eigenvalue weighted by molar-refractivity contribution is -0.133. The Hall–Kier alpha value is -0.730. The minimum absolute atomic E-state index is 0.159. The molecule has 1 aromatic rings. The van der Waals surface area contributed by atoms with Crippen LogP contribution in [0.15, 0.2) is 18.2 Å². The second kappa shape index (κ2) is 5.94. The van der Waals surface area contributed by atoms with Gasteiger partial charge in [0.15, 0.2) is 0 Å². The molecule has 2 rings (SSSR count). The predicted molar refractivity (Wildman–Crippen MR) is 75.2 cm³/mol. The Labute approximate surface area is 118 Å². The van der Waals surface area contributed by atoms with Crippen molar-refractivity contribution in [2.75, 3.05) is 6.54 Å². The van der Waals surface area contributed by atoms with Crippen molar-refractivity contribution in [3.8, 4) is 0 Å². The van der Waals surface area contributed by atoms with E-state index in [9.17, 15) is 4.79 Å². The highest BCUT2D eigenvalue weighted by atomic mass is 35.5. The molecule has 0 saturated carbocycles. The van der Waals surface area contributed by atoms with E-state index < -0.39 is 0 Å². The van der Waals surface area contributed by atoms with E-state index in [4.69, 9.17) is 23.2 Å². The van der Waals surface area contributed by atoms with Gasteiger partial charge in [-0.2, -0.15) is 0 Å². The molecule has 18 heavy (non-hydrogen) atoms. The normalized spacial score (nSPS) is 19.9. The summed E-state index contributed by atoms with van der Waals surface area (Å²) in [6.45, 7) is 2.98. The van der Waals surface area contributed by atoms with Crippen LogP contribution in [-0.2, 0) is 11.2 Å². The molecule has 1 aliphatic heterocycles. The maximum absolute atomic E-state index is 12.2. The van der Waals surface area contributed by atoms with Crippen molar-refractivity contribution in [3.63, 3.8) is 0 Å². The summed E-state index contributed by atoms with van der Waals surface area (Å²) in [5.41, 5.74) is 0.851. The number of amides is 1. The van der Waals surface area contributed by atoms with Crippen LogP contribution in [0, 0.1) is 0 Å². The van der Waals surface area contributed by atoms with Crippen LogP contribution in [0.3, 0.4) is 0 Å². The van der Waals surface area contributed by atoms with Gasteiger partial charge in [-0.25, -0.2) is 0 Å². The number of nitrogens with zero attached hydrogens (tertiary/aromatic N) is 1. The third kappa shape index (κ3) is 3.18. The number of carbonyl (C=O) groups excluding carboxylic acids is 1. The van der Waals surface area contributed by atoms with Crippen LogP contribution >= 0.6 is 23.2 Å². The molecule has 1 unspecified atom stereocenters. The van der Waals surface area contributed by atoms with Crippen molar-refractivity contribution in [2.24, 2.45) is 0 Å². The van der Waals surface area contributed by atoms with Crippen LogP contribution in [0.2, 0.25) is 10.0 Å². The number of hydrogen-bond donors (Lipinski definition) is 0. The Kier molecular flexibility index (Phi) is 4.52. The summed E-state index contributed by atoms with van der Waals surface area (Å²) in [5.74, 6) is 0.159. The molecule has 4 heteroatoms. The fourth-order valence-electron chi connectivity index (χ4n) is 2.40. The molecule has 1 aromatic carbocycles. The standard InChI is InChI=1S/C14H17Cl2NO/c1-10-4-2-3-7-17(10)14(18)8-11-5-6-12(15)9-13(11)16/h5-6,9-10H,2-4,7-8H2,1H3. The lowest BCUT2D eigenvalue weighted by Crippen LogP contribution is -2.42. The first-order valence-corrected chi connectivity index (χ1v) is 7.07. The molecule has 0 aromatic heterocycles. The van der Waals surface area contributed by atoms with Crippen LogP contribution in [0.25, 0.3) is 0 Å². The van der Waals surface area contributed by atoms with Gasteiger partial charge in [0.1, 0.15) is 0 Å². The molecule has 1 aliphatic rings. The summed E-state index contributed by atoms with van der Waals surface area (Å²) < 4.78 is 0. The highest BCUT2D eigenvalue weighted by molar-refractivity contribution is 6.35. The van der Waals surface area contributed by atoms with E-state index in [1.54, 1.807) is 12.1 Å². The Morgan fingerprint density at radius 2 is 2.17 bits per heavy atom. The molecule has 1 heterocycles. The molecule has 1 fully saturated rings. The van der Waals surface area contributed by atoms with Crippen LogP contribution in [0.1, 0.15) is 31.7 Å². The molecule has 1 atom stereocenters. The molecule has 0 radical (unpaired) electrons. The van der Waals surface area contributed by atoms with Gasteiger partial charge in [0.2, 0.25) is 5.91 Å². The van der Waals surface area contributed by atoms with Gasteiger partial charge in [-0.1, -0.05) is 29.3 Å². The first-order valence-electron chi connectivity index (χ1n) is 6.31. The number of carbonyl (C=O) groups is 1. The van der Waals surface area contributed by atoms with E-state index in [-0.39, 0.29) is 5.91 Å². The lowest BCUT2D eigenvalue weighted by atomic mass is 10.0. The van der Waals surface area contributed by atoms with Crippen molar-refractivity contribution >= 4 is 29.1 Å². The minimum Gasteiger partial charge on any atom is -0.340 e. The van der Waals surface area contributed by atoms with E-state index in [1.165, 1.54) is 6.42 Å². The van der Waals surface area contributed by atoms with E-state index in [1.807, 2.05) is 11.0 Å². The fourth-order valence-corrected chi connectivity index (χ4v) is 2.87. The van der Waals surface area contributed by atoms with Gasteiger partial charge in [-0.15, -0.1) is 0 Å². The molecule has 0 N–H and O–H groups in total.